The Morgan fingerprint density at radius 1 is 1.38 bits per heavy atom. The van der Waals surface area contributed by atoms with Crippen molar-refractivity contribution in [2.45, 2.75) is 45.2 Å². The normalized spacial score (nSPS) is 16.1. The van der Waals surface area contributed by atoms with Gasteiger partial charge in [-0.25, -0.2) is 0 Å². The second-order valence-corrected chi connectivity index (χ2v) is 5.43. The summed E-state index contributed by atoms with van der Waals surface area (Å²) in [6.45, 7) is 3.26. The Labute approximate surface area is 125 Å². The molecule has 0 aliphatic carbocycles. The van der Waals surface area contributed by atoms with Gasteiger partial charge >= 0.3 is 0 Å². The first kappa shape index (κ1) is 15.5. The highest BCUT2D eigenvalue weighted by atomic mass is 16.2. The number of benzene rings is 1. The van der Waals surface area contributed by atoms with Crippen LogP contribution in [0, 0.1) is 0 Å². The predicted octanol–water partition coefficient (Wildman–Crippen LogP) is 1.56. The fourth-order valence-electron chi connectivity index (χ4n) is 2.48. The van der Waals surface area contributed by atoms with Crippen LogP contribution in [0.25, 0.3) is 0 Å². The molecule has 5 heteroatoms. The Balaban J connectivity index is 1.88. The van der Waals surface area contributed by atoms with Crippen molar-refractivity contribution in [3.05, 3.63) is 29.8 Å². The monoisotopic (exact) mass is 289 g/mol. The molecule has 1 aromatic rings. The summed E-state index contributed by atoms with van der Waals surface area (Å²) < 4.78 is 0. The van der Waals surface area contributed by atoms with Crippen LogP contribution in [0.2, 0.25) is 0 Å². The summed E-state index contributed by atoms with van der Waals surface area (Å²) in [5.74, 6) is 0.0669. The minimum atomic E-state index is -0.434. The molecule has 21 heavy (non-hydrogen) atoms. The van der Waals surface area contributed by atoms with Gasteiger partial charge in [-0.2, -0.15) is 0 Å². The first-order valence-corrected chi connectivity index (χ1v) is 7.54. The third-order valence-electron chi connectivity index (χ3n) is 3.72. The van der Waals surface area contributed by atoms with Crippen molar-refractivity contribution < 1.29 is 9.59 Å². The molecule has 3 N–H and O–H groups in total. The number of hydrogen-bond donors (Lipinski definition) is 2. The number of carbonyl (C=O) groups is 2. The molecule has 0 bridgehead atoms. The minimum absolute atomic E-state index is 0.115. The fraction of sp³-hybridized carbons (Fsp3) is 0.500. The van der Waals surface area contributed by atoms with Crippen molar-refractivity contribution >= 4 is 17.5 Å². The van der Waals surface area contributed by atoms with Crippen LogP contribution >= 0.6 is 0 Å². The topological polar surface area (TPSA) is 75.4 Å². The van der Waals surface area contributed by atoms with Crippen molar-refractivity contribution in [2.75, 3.05) is 11.4 Å². The number of nitrogens with one attached hydrogen (secondary N) is 1. The molecule has 0 unspecified atom stereocenters. The molecule has 5 nitrogen and oxygen atoms in total. The van der Waals surface area contributed by atoms with Gasteiger partial charge in [-0.05, 0) is 30.5 Å². The van der Waals surface area contributed by atoms with Gasteiger partial charge in [0.25, 0.3) is 0 Å². The quantitative estimate of drug-likeness (QED) is 0.834. The van der Waals surface area contributed by atoms with Gasteiger partial charge < -0.3 is 16.0 Å². The largest absolute Gasteiger partial charge is 0.351 e. The van der Waals surface area contributed by atoms with Gasteiger partial charge in [0, 0.05) is 25.2 Å². The molecule has 1 aromatic carbocycles. The Bertz CT molecular complexity index is 499. The van der Waals surface area contributed by atoms with E-state index < -0.39 is 6.04 Å². The third kappa shape index (κ3) is 4.04. The Morgan fingerprint density at radius 3 is 2.67 bits per heavy atom. The lowest BCUT2D eigenvalue weighted by Gasteiger charge is -2.16. The van der Waals surface area contributed by atoms with Gasteiger partial charge in [-0.15, -0.1) is 0 Å². The van der Waals surface area contributed by atoms with Crippen LogP contribution in [0.15, 0.2) is 24.3 Å². The smallest absolute Gasteiger partial charge is 0.237 e. The second-order valence-electron chi connectivity index (χ2n) is 5.43. The number of hydrogen-bond acceptors (Lipinski definition) is 3. The molecule has 114 valence electrons. The molecule has 0 aromatic heterocycles. The first-order chi connectivity index (χ1) is 10.1. The standard InChI is InChI=1S/C16H23N3O2/c1-2-4-14(17)16(21)18-11-12-6-8-13(9-7-12)19-10-3-5-15(19)20/h6-9,14H,2-5,10-11,17H2,1H3,(H,18,21)/t14-/m0/s1. The zero-order chi connectivity index (χ0) is 15.2. The van der Waals surface area contributed by atoms with E-state index in [1.54, 1.807) is 4.90 Å². The van der Waals surface area contributed by atoms with Crippen molar-refractivity contribution in [3.63, 3.8) is 0 Å². The lowest BCUT2D eigenvalue weighted by Crippen LogP contribution is -2.40. The number of nitrogens with zero attached hydrogens (tertiary/aromatic N) is 1. The summed E-state index contributed by atoms with van der Waals surface area (Å²) >= 11 is 0. The van der Waals surface area contributed by atoms with Crippen LogP contribution in [0.4, 0.5) is 5.69 Å². The van der Waals surface area contributed by atoms with Gasteiger partial charge in [0.2, 0.25) is 11.8 Å². The molecule has 1 aliphatic heterocycles. The molecule has 1 atom stereocenters. The van der Waals surface area contributed by atoms with E-state index in [2.05, 4.69) is 5.32 Å². The van der Waals surface area contributed by atoms with Crippen LogP contribution in [0.3, 0.4) is 0 Å². The molecule has 1 aliphatic rings. The van der Waals surface area contributed by atoms with Gasteiger partial charge in [0.1, 0.15) is 0 Å². The number of anilines is 1. The zero-order valence-electron chi connectivity index (χ0n) is 12.5. The molecule has 0 spiro atoms. The molecular weight excluding hydrogens is 266 g/mol. The van der Waals surface area contributed by atoms with Crippen molar-refractivity contribution in [1.29, 1.82) is 0 Å². The first-order valence-electron chi connectivity index (χ1n) is 7.54. The highest BCUT2D eigenvalue weighted by molar-refractivity contribution is 5.95. The lowest BCUT2D eigenvalue weighted by molar-refractivity contribution is -0.122. The summed E-state index contributed by atoms with van der Waals surface area (Å²) in [5, 5.41) is 2.84. The van der Waals surface area contributed by atoms with E-state index >= 15 is 0 Å². The van der Waals surface area contributed by atoms with Crippen LogP contribution in [-0.4, -0.2) is 24.4 Å². The van der Waals surface area contributed by atoms with Gasteiger partial charge in [0.15, 0.2) is 0 Å². The summed E-state index contributed by atoms with van der Waals surface area (Å²) in [6.07, 6.45) is 3.15. The molecule has 2 rings (SSSR count). The Morgan fingerprint density at radius 2 is 2.10 bits per heavy atom. The second kappa shape index (κ2) is 7.22. The maximum atomic E-state index is 11.7. The molecule has 0 saturated carbocycles. The predicted molar refractivity (Wildman–Crippen MR) is 82.8 cm³/mol. The minimum Gasteiger partial charge on any atom is -0.351 e. The molecule has 2 amide bonds. The van der Waals surface area contributed by atoms with Gasteiger partial charge in [0.05, 0.1) is 6.04 Å². The lowest BCUT2D eigenvalue weighted by atomic mass is 10.1. The van der Waals surface area contributed by atoms with Gasteiger partial charge in [-0.3, -0.25) is 9.59 Å². The van der Waals surface area contributed by atoms with E-state index in [-0.39, 0.29) is 11.8 Å². The number of amides is 2. The van der Waals surface area contributed by atoms with E-state index in [0.717, 1.165) is 30.6 Å². The maximum Gasteiger partial charge on any atom is 0.237 e. The molecular formula is C16H23N3O2. The van der Waals surface area contributed by atoms with E-state index in [0.29, 0.717) is 19.4 Å². The highest BCUT2D eigenvalue weighted by Crippen LogP contribution is 2.21. The van der Waals surface area contributed by atoms with Crippen LogP contribution in [-0.2, 0) is 16.1 Å². The maximum absolute atomic E-state index is 11.7. The number of rotatable bonds is 6. The van der Waals surface area contributed by atoms with E-state index in [1.165, 1.54) is 0 Å². The Hall–Kier alpha value is -1.88. The number of carbonyl (C=O) groups excluding carboxylic acids is 2. The fourth-order valence-corrected chi connectivity index (χ4v) is 2.48. The van der Waals surface area contributed by atoms with E-state index in [4.69, 9.17) is 5.73 Å². The number of nitrogens with two attached hydrogens (primary N) is 1. The molecule has 1 fully saturated rings. The zero-order valence-corrected chi connectivity index (χ0v) is 12.5. The van der Waals surface area contributed by atoms with Crippen molar-refractivity contribution in [3.8, 4) is 0 Å². The van der Waals surface area contributed by atoms with Crippen LogP contribution in [0.1, 0.15) is 38.2 Å². The van der Waals surface area contributed by atoms with E-state index in [1.807, 2.05) is 31.2 Å². The molecule has 0 radical (unpaired) electrons. The van der Waals surface area contributed by atoms with Crippen molar-refractivity contribution in [2.24, 2.45) is 5.73 Å². The molecule has 1 saturated heterocycles. The summed E-state index contributed by atoms with van der Waals surface area (Å²) in [7, 11) is 0. The third-order valence-corrected chi connectivity index (χ3v) is 3.72. The Kier molecular flexibility index (Phi) is 5.33. The summed E-state index contributed by atoms with van der Waals surface area (Å²) in [5.41, 5.74) is 7.69. The summed E-state index contributed by atoms with van der Waals surface area (Å²) in [6, 6.07) is 7.29. The average Bonchev–Trinajstić information content (AvgIpc) is 2.91. The van der Waals surface area contributed by atoms with Crippen LogP contribution < -0.4 is 16.0 Å². The molecule has 1 heterocycles. The van der Waals surface area contributed by atoms with Crippen LogP contribution in [0.5, 0.6) is 0 Å². The summed E-state index contributed by atoms with van der Waals surface area (Å²) in [4.78, 5) is 25.2. The van der Waals surface area contributed by atoms with Crippen molar-refractivity contribution in [1.82, 2.24) is 5.32 Å². The SMILES string of the molecule is CCC[C@H](N)C(=O)NCc1ccc(N2CCCC2=O)cc1. The van der Waals surface area contributed by atoms with Gasteiger partial charge in [-0.1, -0.05) is 25.5 Å². The average molecular weight is 289 g/mol. The highest BCUT2D eigenvalue weighted by Gasteiger charge is 2.21. The van der Waals surface area contributed by atoms with E-state index in [9.17, 15) is 9.59 Å².